The largest absolute Gasteiger partial charge is 0.492 e. The van der Waals surface area contributed by atoms with E-state index in [1.165, 1.54) is 18.2 Å². The monoisotopic (exact) mass is 442 g/mol. The van der Waals surface area contributed by atoms with Crippen LogP contribution < -0.4 is 9.47 Å². The number of carbonyl (C=O) groups is 1. The summed E-state index contributed by atoms with van der Waals surface area (Å²) in [5, 5.41) is 0. The molecule has 6 heteroatoms. The van der Waals surface area contributed by atoms with Crippen molar-refractivity contribution < 1.29 is 28.1 Å². The van der Waals surface area contributed by atoms with E-state index in [0.29, 0.717) is 24.7 Å². The predicted octanol–water partition coefficient (Wildman–Crippen LogP) is 5.76. The predicted molar refractivity (Wildman–Crippen MR) is 123 cm³/mol. The number of carbonyl (C=O) groups excluding carboxylic acids is 1. The molecule has 1 heterocycles. The van der Waals surface area contributed by atoms with Crippen molar-refractivity contribution in [3.63, 3.8) is 0 Å². The van der Waals surface area contributed by atoms with E-state index < -0.39 is 0 Å². The fraction of sp³-hybridized carbons (Fsp3) is 0.423. The topological polar surface area (TPSA) is 54.0 Å². The third-order valence-corrected chi connectivity index (χ3v) is 5.40. The Morgan fingerprint density at radius 3 is 2.59 bits per heavy atom. The second-order valence-corrected chi connectivity index (χ2v) is 7.96. The molecule has 1 aliphatic rings. The van der Waals surface area contributed by atoms with Crippen molar-refractivity contribution in [2.45, 2.75) is 45.3 Å². The van der Waals surface area contributed by atoms with Gasteiger partial charge in [0.15, 0.2) is 17.8 Å². The van der Waals surface area contributed by atoms with Gasteiger partial charge in [-0.05, 0) is 66.1 Å². The number of methoxy groups -OCH3 is 1. The first-order chi connectivity index (χ1) is 15.5. The molecule has 0 aliphatic carbocycles. The highest BCUT2D eigenvalue weighted by atomic mass is 19.1. The van der Waals surface area contributed by atoms with Crippen LogP contribution in [0.3, 0.4) is 0 Å². The van der Waals surface area contributed by atoms with Gasteiger partial charge in [-0.25, -0.2) is 4.39 Å². The fourth-order valence-corrected chi connectivity index (χ4v) is 3.85. The molecule has 0 aromatic heterocycles. The number of rotatable bonds is 10. The maximum Gasteiger partial charge on any atom is 0.169 e. The maximum absolute atomic E-state index is 13.6. The average Bonchev–Trinajstić information content (AvgIpc) is 2.81. The number of benzene rings is 2. The summed E-state index contributed by atoms with van der Waals surface area (Å²) < 4.78 is 36.8. The van der Waals surface area contributed by atoms with Gasteiger partial charge < -0.3 is 18.9 Å². The smallest absolute Gasteiger partial charge is 0.169 e. The molecule has 0 spiro atoms. The lowest BCUT2D eigenvalue weighted by atomic mass is 9.88. The normalized spacial score (nSPS) is 16.5. The average molecular weight is 443 g/mol. The Balaban J connectivity index is 1.96. The third kappa shape index (κ3) is 5.96. The molecule has 0 amide bonds. The van der Waals surface area contributed by atoms with Gasteiger partial charge in [0, 0.05) is 12.2 Å². The number of aldehydes is 1. The summed E-state index contributed by atoms with van der Waals surface area (Å²) in [6.07, 6.45) is 6.85. The molecule has 0 radical (unpaired) electrons. The fourth-order valence-electron chi connectivity index (χ4n) is 3.85. The van der Waals surface area contributed by atoms with Gasteiger partial charge in [0.1, 0.15) is 18.7 Å². The Morgan fingerprint density at radius 1 is 1.19 bits per heavy atom. The Kier molecular flexibility index (Phi) is 8.82. The van der Waals surface area contributed by atoms with Gasteiger partial charge >= 0.3 is 0 Å². The zero-order valence-electron chi connectivity index (χ0n) is 18.9. The molecule has 1 saturated heterocycles. The van der Waals surface area contributed by atoms with Crippen LogP contribution >= 0.6 is 0 Å². The lowest BCUT2D eigenvalue weighted by molar-refractivity contribution is -0.165. The Bertz CT molecular complexity index is 915. The Morgan fingerprint density at radius 2 is 1.97 bits per heavy atom. The molecule has 0 N–H and O–H groups in total. The molecule has 5 nitrogen and oxygen atoms in total. The van der Waals surface area contributed by atoms with Crippen LogP contribution in [0.2, 0.25) is 0 Å². The maximum atomic E-state index is 13.6. The van der Waals surface area contributed by atoms with Gasteiger partial charge in [0.05, 0.1) is 13.7 Å². The lowest BCUT2D eigenvalue weighted by Crippen LogP contribution is -2.24. The summed E-state index contributed by atoms with van der Waals surface area (Å²) >= 11 is 0. The van der Waals surface area contributed by atoms with E-state index in [1.54, 1.807) is 25.3 Å². The SMILES string of the molecule is COc1c(OCCOC2CCCCO2)cc(C(C)C)c(C=CC=O)c1-c1ccc(F)cc1. The van der Waals surface area contributed by atoms with Crippen molar-refractivity contribution >= 4 is 12.4 Å². The molecule has 3 rings (SSSR count). The summed E-state index contributed by atoms with van der Waals surface area (Å²) in [6, 6.07) is 8.15. The Hall–Kier alpha value is -2.70. The van der Waals surface area contributed by atoms with E-state index in [-0.39, 0.29) is 18.0 Å². The van der Waals surface area contributed by atoms with Crippen molar-refractivity contribution in [3.05, 3.63) is 53.4 Å². The van der Waals surface area contributed by atoms with Gasteiger partial charge in [-0.1, -0.05) is 32.1 Å². The zero-order valence-corrected chi connectivity index (χ0v) is 18.9. The van der Waals surface area contributed by atoms with Crippen LogP contribution in [0, 0.1) is 5.82 Å². The number of hydrogen-bond acceptors (Lipinski definition) is 5. The van der Waals surface area contributed by atoms with Gasteiger partial charge in [-0.2, -0.15) is 0 Å². The summed E-state index contributed by atoms with van der Waals surface area (Å²) in [6.45, 7) is 5.60. The summed E-state index contributed by atoms with van der Waals surface area (Å²) in [4.78, 5) is 11.1. The highest BCUT2D eigenvalue weighted by Gasteiger charge is 2.22. The number of halogens is 1. The first-order valence-electron chi connectivity index (χ1n) is 11.0. The molecule has 0 bridgehead atoms. The summed E-state index contributed by atoms with van der Waals surface area (Å²) in [5.41, 5.74) is 3.36. The van der Waals surface area contributed by atoms with E-state index in [1.807, 2.05) is 6.07 Å². The van der Waals surface area contributed by atoms with Crippen molar-refractivity contribution in [1.82, 2.24) is 0 Å². The van der Waals surface area contributed by atoms with Crippen LogP contribution in [0.1, 0.15) is 50.2 Å². The second kappa shape index (κ2) is 11.8. The highest BCUT2D eigenvalue weighted by molar-refractivity contribution is 5.87. The molecule has 0 saturated carbocycles. The molecule has 1 unspecified atom stereocenters. The number of allylic oxidation sites excluding steroid dienone is 1. The van der Waals surface area contributed by atoms with Crippen LogP contribution in [-0.4, -0.2) is 39.5 Å². The molecule has 2 aromatic rings. The van der Waals surface area contributed by atoms with E-state index in [9.17, 15) is 9.18 Å². The lowest BCUT2D eigenvalue weighted by Gasteiger charge is -2.24. The van der Waals surface area contributed by atoms with Gasteiger partial charge in [-0.15, -0.1) is 0 Å². The summed E-state index contributed by atoms with van der Waals surface area (Å²) in [7, 11) is 1.57. The summed E-state index contributed by atoms with van der Waals surface area (Å²) in [5.74, 6) is 0.935. The van der Waals surface area contributed by atoms with E-state index in [4.69, 9.17) is 18.9 Å². The van der Waals surface area contributed by atoms with Crippen molar-refractivity contribution in [2.75, 3.05) is 26.9 Å². The molecular weight excluding hydrogens is 411 g/mol. The van der Waals surface area contributed by atoms with E-state index in [2.05, 4.69) is 13.8 Å². The molecule has 2 aromatic carbocycles. The van der Waals surface area contributed by atoms with Crippen molar-refractivity contribution in [2.24, 2.45) is 0 Å². The van der Waals surface area contributed by atoms with Crippen LogP contribution in [0.4, 0.5) is 4.39 Å². The highest BCUT2D eigenvalue weighted by Crippen LogP contribution is 2.45. The van der Waals surface area contributed by atoms with Crippen LogP contribution in [0.15, 0.2) is 36.4 Å². The first kappa shape index (κ1) is 24.0. The second-order valence-electron chi connectivity index (χ2n) is 7.96. The van der Waals surface area contributed by atoms with Gasteiger partial charge in [0.25, 0.3) is 0 Å². The van der Waals surface area contributed by atoms with Crippen molar-refractivity contribution in [1.29, 1.82) is 0 Å². The quantitative estimate of drug-likeness (QED) is 0.266. The first-order valence-corrected chi connectivity index (χ1v) is 11.0. The standard InChI is InChI=1S/C26H31FO5/c1-18(2)22-17-23(30-15-16-32-24-8-4-5-14-31-24)26(29-3)25(21(22)7-6-13-28)19-9-11-20(27)12-10-19/h6-7,9-13,17-18,24H,4-5,8,14-16H2,1-3H3. The molecule has 32 heavy (non-hydrogen) atoms. The minimum Gasteiger partial charge on any atom is -0.492 e. The zero-order chi connectivity index (χ0) is 22.9. The minimum absolute atomic E-state index is 0.153. The van der Waals surface area contributed by atoms with E-state index in [0.717, 1.165) is 54.4 Å². The molecule has 172 valence electrons. The minimum atomic E-state index is -0.323. The molecular formula is C26H31FO5. The Labute approximate surface area is 189 Å². The number of hydrogen-bond donors (Lipinski definition) is 0. The number of ether oxygens (including phenoxy) is 4. The van der Waals surface area contributed by atoms with Crippen LogP contribution in [-0.2, 0) is 14.3 Å². The van der Waals surface area contributed by atoms with Crippen LogP contribution in [0.5, 0.6) is 11.5 Å². The van der Waals surface area contributed by atoms with E-state index >= 15 is 0 Å². The molecule has 1 aliphatic heterocycles. The van der Waals surface area contributed by atoms with Gasteiger partial charge in [-0.3, -0.25) is 4.79 Å². The molecule has 1 fully saturated rings. The van der Waals surface area contributed by atoms with Crippen LogP contribution in [0.25, 0.3) is 17.2 Å². The van der Waals surface area contributed by atoms with Crippen molar-refractivity contribution in [3.8, 4) is 22.6 Å². The van der Waals surface area contributed by atoms with Gasteiger partial charge in [0.2, 0.25) is 0 Å². The molecule has 1 atom stereocenters. The third-order valence-electron chi connectivity index (χ3n) is 5.40.